The molecule has 1 aromatic heterocycles. The van der Waals surface area contributed by atoms with Crippen LogP contribution in [0, 0.1) is 12.8 Å². The number of sulfonamides is 1. The maximum atomic E-state index is 12.5. The number of hydrogen-bond acceptors (Lipinski definition) is 6. The van der Waals surface area contributed by atoms with Crippen molar-refractivity contribution >= 4 is 15.9 Å². The van der Waals surface area contributed by atoms with E-state index in [-0.39, 0.29) is 17.9 Å². The van der Waals surface area contributed by atoms with E-state index in [1.54, 1.807) is 6.92 Å². The minimum absolute atomic E-state index is 0.0202. The second kappa shape index (κ2) is 8.11. The second-order valence-electron chi connectivity index (χ2n) is 8.60. The van der Waals surface area contributed by atoms with Gasteiger partial charge in [0.15, 0.2) is 5.82 Å². The van der Waals surface area contributed by atoms with Gasteiger partial charge >= 0.3 is 0 Å². The van der Waals surface area contributed by atoms with E-state index in [1.807, 2.05) is 18.2 Å². The van der Waals surface area contributed by atoms with Crippen molar-refractivity contribution in [2.45, 2.75) is 50.5 Å². The van der Waals surface area contributed by atoms with Gasteiger partial charge in [0, 0.05) is 25.6 Å². The number of rotatable bonds is 7. The van der Waals surface area contributed by atoms with Gasteiger partial charge in [-0.2, -0.15) is 4.98 Å². The van der Waals surface area contributed by atoms with Gasteiger partial charge in [0.2, 0.25) is 21.8 Å². The Morgan fingerprint density at radius 2 is 2.10 bits per heavy atom. The molecule has 2 aromatic rings. The van der Waals surface area contributed by atoms with Crippen molar-refractivity contribution in [3.8, 4) is 0 Å². The molecule has 2 aliphatic rings. The van der Waals surface area contributed by atoms with E-state index in [2.05, 4.69) is 27.6 Å². The van der Waals surface area contributed by atoms with Crippen LogP contribution in [-0.2, 0) is 26.7 Å². The topological polar surface area (TPSA) is 105 Å². The van der Waals surface area contributed by atoms with Crippen LogP contribution in [0.1, 0.15) is 43.0 Å². The lowest BCUT2D eigenvalue weighted by atomic mass is 9.80. The van der Waals surface area contributed by atoms with Crippen LogP contribution < -0.4 is 5.32 Å². The van der Waals surface area contributed by atoms with E-state index in [0.717, 1.165) is 12.8 Å². The Morgan fingerprint density at radius 3 is 2.77 bits per heavy atom. The fraction of sp³-hybridized carbons (Fsp3) is 0.571. The molecule has 2 fully saturated rings. The van der Waals surface area contributed by atoms with Crippen LogP contribution in [0.15, 0.2) is 34.9 Å². The average Bonchev–Trinajstić information content (AvgIpc) is 3.35. The third-order valence-corrected chi connectivity index (χ3v) is 7.56. The minimum Gasteiger partial charge on any atom is -0.353 e. The van der Waals surface area contributed by atoms with Crippen LogP contribution in [-0.4, -0.2) is 54.2 Å². The number of nitrogens with zero attached hydrogens (tertiary/aromatic N) is 3. The molecule has 1 N–H and O–H groups in total. The number of amides is 1. The summed E-state index contributed by atoms with van der Waals surface area (Å²) in [6.07, 6.45) is 4.68. The van der Waals surface area contributed by atoms with E-state index < -0.39 is 15.4 Å². The summed E-state index contributed by atoms with van der Waals surface area (Å²) in [6, 6.07) is 10.1. The minimum atomic E-state index is -3.31. The predicted octanol–water partition coefficient (Wildman–Crippen LogP) is 1.81. The number of nitrogens with one attached hydrogen (secondary N) is 1. The van der Waals surface area contributed by atoms with Gasteiger partial charge < -0.3 is 9.84 Å². The molecule has 162 valence electrons. The highest BCUT2D eigenvalue weighted by atomic mass is 32.2. The Hall–Kier alpha value is -2.26. The van der Waals surface area contributed by atoms with E-state index in [4.69, 9.17) is 4.52 Å². The third kappa shape index (κ3) is 4.27. The smallest absolute Gasteiger partial charge is 0.234 e. The molecule has 1 saturated carbocycles. The summed E-state index contributed by atoms with van der Waals surface area (Å²) in [6.45, 7) is 2.49. The van der Waals surface area contributed by atoms with Crippen molar-refractivity contribution in [3.05, 3.63) is 47.6 Å². The van der Waals surface area contributed by atoms with Crippen LogP contribution in [0.5, 0.6) is 0 Å². The molecule has 8 nitrogen and oxygen atoms in total. The first-order valence-corrected chi connectivity index (χ1v) is 12.2. The zero-order valence-corrected chi connectivity index (χ0v) is 18.2. The Kier molecular flexibility index (Phi) is 5.67. The molecule has 1 unspecified atom stereocenters. The first-order chi connectivity index (χ1) is 14.3. The predicted molar refractivity (Wildman–Crippen MR) is 111 cm³/mol. The van der Waals surface area contributed by atoms with E-state index in [9.17, 15) is 13.2 Å². The standard InChI is InChI=1S/C21H28N4O4S/c1-15-22-20(29-24-15)21-12-18(11-17(21)13-25(14-21)30(2,27)28)23-19(26)10-6-9-16-7-4-3-5-8-16/h3-5,7-8,17-18H,6,9-14H2,1-2H3,(H,23,26)/t17?,18-,21+/m1/s1. The first kappa shape index (κ1) is 21.0. The molecular formula is C21H28N4O4S. The molecule has 30 heavy (non-hydrogen) atoms. The summed E-state index contributed by atoms with van der Waals surface area (Å²) in [5.74, 6) is 1.09. The van der Waals surface area contributed by atoms with Gasteiger partial charge in [-0.1, -0.05) is 35.5 Å². The molecule has 1 aliphatic carbocycles. The van der Waals surface area contributed by atoms with E-state index in [1.165, 1.54) is 16.1 Å². The van der Waals surface area contributed by atoms with Crippen molar-refractivity contribution in [2.75, 3.05) is 19.3 Å². The fourth-order valence-corrected chi connectivity index (χ4v) is 5.83. The lowest BCUT2D eigenvalue weighted by Gasteiger charge is -2.24. The first-order valence-electron chi connectivity index (χ1n) is 10.4. The molecule has 1 amide bonds. The van der Waals surface area contributed by atoms with Crippen molar-refractivity contribution in [2.24, 2.45) is 5.92 Å². The highest BCUT2D eigenvalue weighted by Gasteiger charge is 2.58. The van der Waals surface area contributed by atoms with E-state index >= 15 is 0 Å². The normalized spacial score (nSPS) is 26.6. The number of aryl methyl sites for hydroxylation is 2. The van der Waals surface area contributed by atoms with Gasteiger partial charge in [-0.15, -0.1) is 0 Å². The Morgan fingerprint density at radius 1 is 1.33 bits per heavy atom. The van der Waals surface area contributed by atoms with Gasteiger partial charge in [0.1, 0.15) is 0 Å². The molecule has 4 rings (SSSR count). The van der Waals surface area contributed by atoms with Crippen LogP contribution in [0.25, 0.3) is 0 Å². The van der Waals surface area contributed by atoms with Gasteiger partial charge in [0.25, 0.3) is 0 Å². The average molecular weight is 433 g/mol. The molecule has 9 heteroatoms. The largest absolute Gasteiger partial charge is 0.353 e. The lowest BCUT2D eigenvalue weighted by molar-refractivity contribution is -0.121. The molecule has 1 aliphatic heterocycles. The van der Waals surface area contributed by atoms with Gasteiger partial charge in [-0.3, -0.25) is 4.79 Å². The monoisotopic (exact) mass is 432 g/mol. The fourth-order valence-electron chi connectivity index (χ4n) is 4.92. The molecule has 2 heterocycles. The molecular weight excluding hydrogens is 404 g/mol. The van der Waals surface area contributed by atoms with Crippen LogP contribution in [0.2, 0.25) is 0 Å². The quantitative estimate of drug-likeness (QED) is 0.715. The summed E-state index contributed by atoms with van der Waals surface area (Å²) in [7, 11) is -3.31. The molecule has 0 radical (unpaired) electrons. The van der Waals surface area contributed by atoms with Crippen molar-refractivity contribution < 1.29 is 17.7 Å². The zero-order chi connectivity index (χ0) is 21.4. The summed E-state index contributed by atoms with van der Waals surface area (Å²) in [5.41, 5.74) is 0.694. The number of aromatic nitrogens is 2. The van der Waals surface area contributed by atoms with Gasteiger partial charge in [0.05, 0.1) is 11.7 Å². The van der Waals surface area contributed by atoms with E-state index in [0.29, 0.717) is 44.1 Å². The Balaban J connectivity index is 1.39. The summed E-state index contributed by atoms with van der Waals surface area (Å²) < 4.78 is 31.2. The van der Waals surface area contributed by atoms with Crippen LogP contribution in [0.4, 0.5) is 0 Å². The number of carbonyl (C=O) groups is 1. The highest BCUT2D eigenvalue weighted by Crippen LogP contribution is 2.50. The lowest BCUT2D eigenvalue weighted by Crippen LogP contribution is -2.39. The molecule has 3 atom stereocenters. The number of fused-ring (bicyclic) bond motifs is 1. The zero-order valence-electron chi connectivity index (χ0n) is 17.4. The maximum Gasteiger partial charge on any atom is 0.234 e. The van der Waals surface area contributed by atoms with Gasteiger partial charge in [-0.25, -0.2) is 12.7 Å². The second-order valence-corrected chi connectivity index (χ2v) is 10.6. The third-order valence-electron chi connectivity index (χ3n) is 6.34. The molecule has 0 bridgehead atoms. The van der Waals surface area contributed by atoms with Crippen LogP contribution >= 0.6 is 0 Å². The Labute approximate surface area is 177 Å². The summed E-state index contributed by atoms with van der Waals surface area (Å²) >= 11 is 0. The SMILES string of the molecule is Cc1noc([C@]23C[C@H](NC(=O)CCCc4ccccc4)CC2CN(S(C)(=O)=O)C3)n1. The molecule has 1 saturated heterocycles. The number of benzene rings is 1. The summed E-state index contributed by atoms with van der Waals surface area (Å²) in [5, 5.41) is 7.07. The summed E-state index contributed by atoms with van der Waals surface area (Å²) in [4.78, 5) is 16.9. The van der Waals surface area contributed by atoms with Crippen molar-refractivity contribution in [3.63, 3.8) is 0 Å². The van der Waals surface area contributed by atoms with Crippen molar-refractivity contribution in [1.82, 2.24) is 19.8 Å². The number of hydrogen-bond donors (Lipinski definition) is 1. The van der Waals surface area contributed by atoms with Crippen molar-refractivity contribution in [1.29, 1.82) is 0 Å². The molecule has 1 aromatic carbocycles. The maximum absolute atomic E-state index is 12.5. The number of carbonyl (C=O) groups excluding carboxylic acids is 1. The highest BCUT2D eigenvalue weighted by molar-refractivity contribution is 7.88. The Bertz CT molecular complexity index is 1010. The molecule has 0 spiro atoms. The van der Waals surface area contributed by atoms with Crippen LogP contribution in [0.3, 0.4) is 0 Å². The van der Waals surface area contributed by atoms with Gasteiger partial charge in [-0.05, 0) is 44.1 Å².